The van der Waals surface area contributed by atoms with Crippen molar-refractivity contribution in [1.82, 2.24) is 9.96 Å². The average Bonchev–Trinajstić information content (AvgIpc) is 3.10. The third-order valence-electron chi connectivity index (χ3n) is 5.03. The number of anilines is 1. The first kappa shape index (κ1) is 20.0. The molecule has 28 heavy (non-hydrogen) atoms. The van der Waals surface area contributed by atoms with E-state index in [1.807, 2.05) is 23.1 Å². The van der Waals surface area contributed by atoms with E-state index < -0.39 is 0 Å². The molecule has 1 fully saturated rings. The number of benzene rings is 2. The topological polar surface area (TPSA) is 72.9 Å². The molecule has 0 bridgehead atoms. The van der Waals surface area contributed by atoms with Crippen molar-refractivity contribution in [2.24, 2.45) is 0 Å². The van der Waals surface area contributed by atoms with E-state index in [-0.39, 0.29) is 17.9 Å². The molecule has 6 heteroatoms. The molecule has 0 radical (unpaired) electrons. The number of nitrogens with one attached hydrogen (secondary N) is 1. The highest BCUT2D eigenvalue weighted by molar-refractivity contribution is 5.95. The van der Waals surface area contributed by atoms with Gasteiger partial charge in [0.15, 0.2) is 0 Å². The summed E-state index contributed by atoms with van der Waals surface area (Å²) in [6.07, 6.45) is 2.58. The van der Waals surface area contributed by atoms with E-state index in [1.54, 1.807) is 24.3 Å². The van der Waals surface area contributed by atoms with Crippen LogP contribution in [0.3, 0.4) is 0 Å². The first-order valence-corrected chi connectivity index (χ1v) is 9.69. The fourth-order valence-electron chi connectivity index (χ4n) is 3.53. The zero-order chi connectivity index (χ0) is 19.9. The van der Waals surface area contributed by atoms with Gasteiger partial charge in [-0.25, -0.2) is 0 Å². The van der Waals surface area contributed by atoms with E-state index in [2.05, 4.69) is 17.4 Å². The molecule has 2 aromatic carbocycles. The molecular weight excluding hydrogens is 354 g/mol. The highest BCUT2D eigenvalue weighted by Crippen LogP contribution is 2.18. The summed E-state index contributed by atoms with van der Waals surface area (Å²) in [6.45, 7) is 3.18. The van der Waals surface area contributed by atoms with Crippen LogP contribution in [0.2, 0.25) is 0 Å². The van der Waals surface area contributed by atoms with Gasteiger partial charge in [0.1, 0.15) is 0 Å². The van der Waals surface area contributed by atoms with Gasteiger partial charge < -0.3 is 15.4 Å². The molecule has 148 valence electrons. The van der Waals surface area contributed by atoms with Crippen LogP contribution in [0.5, 0.6) is 0 Å². The first-order chi connectivity index (χ1) is 13.5. The maximum absolute atomic E-state index is 13.1. The molecule has 2 N–H and O–H groups in total. The molecule has 0 saturated carbocycles. The van der Waals surface area contributed by atoms with Crippen molar-refractivity contribution in [2.75, 3.05) is 25.0 Å². The Bertz CT molecular complexity index is 792. The van der Waals surface area contributed by atoms with Gasteiger partial charge in [-0.1, -0.05) is 30.3 Å². The minimum Gasteiger partial charge on any atom is -0.337 e. The van der Waals surface area contributed by atoms with Gasteiger partial charge >= 0.3 is 0 Å². The van der Waals surface area contributed by atoms with Crippen LogP contribution in [0.25, 0.3) is 0 Å². The van der Waals surface area contributed by atoms with E-state index in [4.69, 9.17) is 0 Å². The molecular formula is C22H27N3O3. The van der Waals surface area contributed by atoms with Crippen molar-refractivity contribution in [3.8, 4) is 0 Å². The molecule has 1 aliphatic rings. The molecule has 0 spiro atoms. The van der Waals surface area contributed by atoms with Gasteiger partial charge in [0.25, 0.3) is 5.91 Å². The number of amides is 2. The lowest BCUT2D eigenvalue weighted by Crippen LogP contribution is -2.43. The Morgan fingerprint density at radius 2 is 1.86 bits per heavy atom. The number of carbonyl (C=O) groups is 2. The molecule has 1 atom stereocenters. The summed E-state index contributed by atoms with van der Waals surface area (Å²) in [7, 11) is 0. The fourth-order valence-corrected chi connectivity index (χ4v) is 3.53. The second-order valence-corrected chi connectivity index (χ2v) is 7.20. The Balaban J connectivity index is 1.72. The van der Waals surface area contributed by atoms with Gasteiger partial charge in [0, 0.05) is 37.8 Å². The van der Waals surface area contributed by atoms with Gasteiger partial charge in [0.2, 0.25) is 5.91 Å². The average molecular weight is 381 g/mol. The number of hydrogen-bond donors (Lipinski definition) is 2. The number of rotatable bonds is 7. The summed E-state index contributed by atoms with van der Waals surface area (Å²) < 4.78 is 0. The molecule has 0 aromatic heterocycles. The molecule has 3 rings (SSSR count). The highest BCUT2D eigenvalue weighted by atomic mass is 16.5. The second kappa shape index (κ2) is 9.48. The van der Waals surface area contributed by atoms with Crippen molar-refractivity contribution in [1.29, 1.82) is 0 Å². The summed E-state index contributed by atoms with van der Waals surface area (Å²) in [4.78, 5) is 26.1. The largest absolute Gasteiger partial charge is 0.337 e. The van der Waals surface area contributed by atoms with Crippen molar-refractivity contribution in [2.45, 2.75) is 32.2 Å². The monoisotopic (exact) mass is 381 g/mol. The predicted molar refractivity (Wildman–Crippen MR) is 108 cm³/mol. The summed E-state index contributed by atoms with van der Waals surface area (Å²) in [5.41, 5.74) is 2.41. The summed E-state index contributed by atoms with van der Waals surface area (Å²) >= 11 is 0. The zero-order valence-corrected chi connectivity index (χ0v) is 16.2. The maximum Gasteiger partial charge on any atom is 0.253 e. The predicted octanol–water partition coefficient (Wildman–Crippen LogP) is 3.18. The van der Waals surface area contributed by atoms with Crippen molar-refractivity contribution in [3.63, 3.8) is 0 Å². The van der Waals surface area contributed by atoms with E-state index in [0.717, 1.165) is 19.3 Å². The summed E-state index contributed by atoms with van der Waals surface area (Å²) in [6, 6.07) is 17.0. The van der Waals surface area contributed by atoms with Crippen LogP contribution in [-0.2, 0) is 11.2 Å². The molecule has 2 amide bonds. The van der Waals surface area contributed by atoms with Gasteiger partial charge in [0.05, 0.1) is 6.04 Å². The lowest BCUT2D eigenvalue weighted by Gasteiger charge is -2.28. The molecule has 0 unspecified atom stereocenters. The van der Waals surface area contributed by atoms with Crippen LogP contribution < -0.4 is 5.32 Å². The van der Waals surface area contributed by atoms with Crippen LogP contribution in [-0.4, -0.2) is 52.7 Å². The van der Waals surface area contributed by atoms with E-state index in [9.17, 15) is 14.8 Å². The Hall–Kier alpha value is -2.70. The van der Waals surface area contributed by atoms with Gasteiger partial charge in [-0.3, -0.25) is 9.59 Å². The lowest BCUT2D eigenvalue weighted by molar-refractivity contribution is -0.114. The van der Waals surface area contributed by atoms with Crippen LogP contribution in [0, 0.1) is 0 Å². The normalized spacial score (nSPS) is 16.7. The summed E-state index contributed by atoms with van der Waals surface area (Å²) in [5, 5.41) is 14.1. The lowest BCUT2D eigenvalue weighted by atomic mass is 10.1. The third-order valence-corrected chi connectivity index (χ3v) is 5.03. The Morgan fingerprint density at radius 1 is 1.14 bits per heavy atom. The number of hydroxylamine groups is 2. The smallest absolute Gasteiger partial charge is 0.253 e. The van der Waals surface area contributed by atoms with Gasteiger partial charge in [-0.15, -0.1) is 0 Å². The van der Waals surface area contributed by atoms with Gasteiger partial charge in [-0.05, 0) is 49.1 Å². The highest BCUT2D eigenvalue weighted by Gasteiger charge is 2.27. The Labute approximate surface area is 165 Å². The van der Waals surface area contributed by atoms with E-state index >= 15 is 0 Å². The standard InChI is InChI=1S/C22H27N3O3/c1-17(26)23-20-11-9-19(10-12-20)22(27)24(16-21-8-5-14-25(21)28)15-13-18-6-3-2-4-7-18/h2-4,6-7,9-12,21,28H,5,8,13-16H2,1H3,(H,23,26)/t21-/m0/s1. The first-order valence-electron chi connectivity index (χ1n) is 9.69. The molecule has 0 aliphatic carbocycles. The quantitative estimate of drug-likeness (QED) is 0.773. The van der Waals surface area contributed by atoms with E-state index in [1.165, 1.54) is 17.6 Å². The van der Waals surface area contributed by atoms with Gasteiger partial charge in [-0.2, -0.15) is 5.06 Å². The fraction of sp³-hybridized carbons (Fsp3) is 0.364. The maximum atomic E-state index is 13.1. The third kappa shape index (κ3) is 5.41. The molecule has 1 aliphatic heterocycles. The Morgan fingerprint density at radius 3 is 2.46 bits per heavy atom. The second-order valence-electron chi connectivity index (χ2n) is 7.20. The minimum absolute atomic E-state index is 0.0293. The molecule has 6 nitrogen and oxygen atoms in total. The number of carbonyl (C=O) groups excluding carboxylic acids is 2. The number of nitrogens with zero attached hydrogens (tertiary/aromatic N) is 2. The van der Waals surface area contributed by atoms with Crippen LogP contribution in [0.1, 0.15) is 35.7 Å². The molecule has 1 saturated heterocycles. The van der Waals surface area contributed by atoms with Crippen LogP contribution in [0.4, 0.5) is 5.69 Å². The van der Waals surface area contributed by atoms with E-state index in [0.29, 0.717) is 30.9 Å². The minimum atomic E-state index is -0.146. The Kier molecular flexibility index (Phi) is 6.79. The molecule has 1 heterocycles. The number of hydrogen-bond acceptors (Lipinski definition) is 4. The molecule has 2 aromatic rings. The van der Waals surface area contributed by atoms with Crippen LogP contribution >= 0.6 is 0 Å². The van der Waals surface area contributed by atoms with Crippen molar-refractivity contribution < 1.29 is 14.8 Å². The zero-order valence-electron chi connectivity index (χ0n) is 16.2. The SMILES string of the molecule is CC(=O)Nc1ccc(C(=O)N(CCc2ccccc2)C[C@@H]2CCCN2O)cc1. The van der Waals surface area contributed by atoms with Crippen molar-refractivity contribution in [3.05, 3.63) is 65.7 Å². The van der Waals surface area contributed by atoms with Crippen LogP contribution in [0.15, 0.2) is 54.6 Å². The van der Waals surface area contributed by atoms with Crippen molar-refractivity contribution >= 4 is 17.5 Å². The summed E-state index contributed by atoms with van der Waals surface area (Å²) in [5.74, 6) is -0.210.